The molecule has 1 fully saturated rings. The van der Waals surface area contributed by atoms with Crippen molar-refractivity contribution in [3.8, 4) is 17.6 Å². The lowest BCUT2D eigenvalue weighted by Gasteiger charge is -2.35. The highest BCUT2D eigenvalue weighted by atomic mass is 32.2. The number of nitrogens with two attached hydrogens (primary N) is 1. The maximum Gasteiger partial charge on any atom is 0.302 e. The van der Waals surface area contributed by atoms with Gasteiger partial charge in [-0.05, 0) is 86.5 Å². The Morgan fingerprint density at radius 3 is 2.67 bits per heavy atom. The number of carbonyl (C=O) groups excluding carboxylic acids is 1. The third-order valence-corrected chi connectivity index (χ3v) is 7.53. The largest absolute Gasteiger partial charge is 0.495 e. The van der Waals surface area contributed by atoms with Gasteiger partial charge in [-0.25, -0.2) is 0 Å². The normalized spacial score (nSPS) is 15.1. The average molecular weight is 565 g/mol. The van der Waals surface area contributed by atoms with Crippen molar-refractivity contribution in [1.29, 1.82) is 0 Å². The minimum atomic E-state index is -0.191. The Labute approximate surface area is 244 Å². The van der Waals surface area contributed by atoms with E-state index >= 15 is 0 Å². The van der Waals surface area contributed by atoms with Crippen LogP contribution in [-0.4, -0.2) is 56.3 Å². The van der Waals surface area contributed by atoms with Gasteiger partial charge >= 0.3 is 5.97 Å². The van der Waals surface area contributed by atoms with E-state index in [0.717, 1.165) is 72.9 Å². The molecule has 0 spiro atoms. The number of nitrogens with one attached hydrogen (secondary N) is 2. The minimum Gasteiger partial charge on any atom is -0.495 e. The Morgan fingerprint density at radius 2 is 2.00 bits per heavy atom. The van der Waals surface area contributed by atoms with Gasteiger partial charge in [0.15, 0.2) is 0 Å². The van der Waals surface area contributed by atoms with E-state index in [1.807, 2.05) is 25.1 Å². The number of anilines is 2. The summed E-state index contributed by atoms with van der Waals surface area (Å²) < 4.78 is 11.0. The molecule has 2 aromatic carbocycles. The Bertz CT molecular complexity index is 1210. The fourth-order valence-electron chi connectivity index (χ4n) is 4.98. The topological polar surface area (TPSA) is 88.8 Å². The molecule has 1 aliphatic rings. The van der Waals surface area contributed by atoms with Crippen molar-refractivity contribution < 1.29 is 14.3 Å². The van der Waals surface area contributed by atoms with Gasteiger partial charge in [-0.3, -0.25) is 14.8 Å². The molecule has 1 atom stereocenters. The summed E-state index contributed by atoms with van der Waals surface area (Å²) in [4.78, 5) is 14.8. The van der Waals surface area contributed by atoms with Gasteiger partial charge in [0.1, 0.15) is 11.9 Å². The molecule has 0 aromatic heterocycles. The fourth-order valence-corrected chi connectivity index (χ4v) is 5.30. The number of nitrogens with zero attached hydrogens (tertiary/aromatic N) is 1. The standard InChI is InChI=1S/C32H44N4O3S/c1-6-9-27(39-25(4)37)22-36-18-15-26(16-19-36)35-30-12-7-11-24(3)29(30)20-23(2)10-8-17-34-31-14-13-28(40-33)21-32(31)38-5/h7,11-14,20-21,26-27,34-35H,6,9,15-19,22,33H2,1-5H3/b23-20+. The Hall–Kier alpha value is -3.12. The molecule has 0 aliphatic carbocycles. The Morgan fingerprint density at radius 1 is 1.23 bits per heavy atom. The van der Waals surface area contributed by atoms with Crippen LogP contribution in [0.5, 0.6) is 5.75 Å². The number of esters is 1. The second-order valence-corrected chi connectivity index (χ2v) is 10.9. The van der Waals surface area contributed by atoms with Crippen LogP contribution in [0.4, 0.5) is 11.4 Å². The molecule has 0 bridgehead atoms. The van der Waals surface area contributed by atoms with Crippen molar-refractivity contribution in [2.45, 2.75) is 70.4 Å². The number of rotatable bonds is 12. The highest BCUT2D eigenvalue weighted by Gasteiger charge is 2.23. The Kier molecular flexibility index (Phi) is 12.7. The molecule has 1 aliphatic heterocycles. The van der Waals surface area contributed by atoms with Gasteiger partial charge in [-0.1, -0.05) is 37.3 Å². The first-order valence-electron chi connectivity index (χ1n) is 14.0. The summed E-state index contributed by atoms with van der Waals surface area (Å²) in [5.74, 6) is 7.06. The minimum absolute atomic E-state index is 0.0161. The number of piperidine rings is 1. The number of benzene rings is 2. The van der Waals surface area contributed by atoms with Crippen LogP contribution in [0.25, 0.3) is 6.08 Å². The van der Waals surface area contributed by atoms with Crippen LogP contribution in [0.3, 0.4) is 0 Å². The van der Waals surface area contributed by atoms with Gasteiger partial charge in [0.05, 0.1) is 19.3 Å². The molecule has 2 aromatic rings. The second-order valence-electron chi connectivity index (χ2n) is 10.2. The SMILES string of the molecule is CCCC(CN1CCC(Nc2cccc(C)c2/C=C(\C)C#CCNc2ccc(SN)cc2OC)CC1)OC(C)=O. The van der Waals surface area contributed by atoms with Crippen LogP contribution in [0, 0.1) is 18.8 Å². The number of hydrogen-bond acceptors (Lipinski definition) is 8. The van der Waals surface area contributed by atoms with Gasteiger partial charge in [0, 0.05) is 48.7 Å². The van der Waals surface area contributed by atoms with Crippen molar-refractivity contribution in [2.75, 3.05) is 43.9 Å². The second kappa shape index (κ2) is 16.2. The van der Waals surface area contributed by atoms with Crippen molar-refractivity contribution in [2.24, 2.45) is 5.14 Å². The summed E-state index contributed by atoms with van der Waals surface area (Å²) in [6.45, 7) is 11.1. The lowest BCUT2D eigenvalue weighted by Crippen LogP contribution is -2.43. The molecule has 1 saturated heterocycles. The van der Waals surface area contributed by atoms with Crippen LogP contribution in [0.2, 0.25) is 0 Å². The van der Waals surface area contributed by atoms with Crippen LogP contribution >= 0.6 is 11.9 Å². The monoisotopic (exact) mass is 564 g/mol. The molecular weight excluding hydrogens is 520 g/mol. The molecule has 0 radical (unpaired) electrons. The zero-order valence-electron chi connectivity index (χ0n) is 24.5. The fraction of sp³-hybridized carbons (Fsp3) is 0.469. The molecule has 3 rings (SSSR count). The summed E-state index contributed by atoms with van der Waals surface area (Å²) in [5.41, 5.74) is 5.43. The van der Waals surface area contributed by atoms with E-state index in [2.05, 4.69) is 65.5 Å². The van der Waals surface area contributed by atoms with Crippen LogP contribution in [0.15, 0.2) is 46.9 Å². The molecule has 216 valence electrons. The van der Waals surface area contributed by atoms with E-state index in [4.69, 9.17) is 14.6 Å². The summed E-state index contributed by atoms with van der Waals surface area (Å²) >= 11 is 1.19. The molecule has 4 N–H and O–H groups in total. The highest BCUT2D eigenvalue weighted by molar-refractivity contribution is 7.97. The molecule has 8 heteroatoms. The number of ether oxygens (including phenoxy) is 2. The summed E-state index contributed by atoms with van der Waals surface area (Å²) in [6.07, 6.45) is 6.17. The molecule has 40 heavy (non-hydrogen) atoms. The first kappa shape index (κ1) is 31.4. The van der Waals surface area contributed by atoms with Gasteiger partial charge in [-0.15, -0.1) is 0 Å². The maximum absolute atomic E-state index is 11.5. The van der Waals surface area contributed by atoms with E-state index in [0.29, 0.717) is 12.6 Å². The summed E-state index contributed by atoms with van der Waals surface area (Å²) in [6, 6.07) is 12.6. The molecular formula is C32H44N4O3S. The number of likely N-dealkylation sites (tertiary alicyclic amines) is 1. The summed E-state index contributed by atoms with van der Waals surface area (Å²) in [7, 11) is 1.65. The third-order valence-electron chi connectivity index (χ3n) is 7.00. The van der Waals surface area contributed by atoms with Crippen molar-refractivity contribution >= 4 is 35.4 Å². The number of aryl methyl sites for hydroxylation is 1. The summed E-state index contributed by atoms with van der Waals surface area (Å²) in [5, 5.41) is 12.8. The quantitative estimate of drug-likeness (QED) is 0.162. The van der Waals surface area contributed by atoms with Gasteiger partial charge in [0.2, 0.25) is 0 Å². The maximum atomic E-state index is 11.5. The molecule has 0 amide bonds. The van der Waals surface area contributed by atoms with Gasteiger partial charge in [0.25, 0.3) is 0 Å². The van der Waals surface area contributed by atoms with Gasteiger partial charge in [-0.2, -0.15) is 0 Å². The van der Waals surface area contributed by atoms with Crippen LogP contribution in [0.1, 0.15) is 57.6 Å². The van der Waals surface area contributed by atoms with E-state index in [-0.39, 0.29) is 12.1 Å². The third kappa shape index (κ3) is 9.81. The highest BCUT2D eigenvalue weighted by Crippen LogP contribution is 2.28. The molecule has 0 saturated carbocycles. The number of carbonyl (C=O) groups is 1. The van der Waals surface area contributed by atoms with Gasteiger partial charge < -0.3 is 20.1 Å². The van der Waals surface area contributed by atoms with E-state index in [1.165, 1.54) is 30.0 Å². The zero-order valence-corrected chi connectivity index (χ0v) is 25.3. The number of methoxy groups -OCH3 is 1. The first-order valence-corrected chi connectivity index (χ1v) is 14.9. The molecule has 1 unspecified atom stereocenters. The van der Waals surface area contributed by atoms with E-state index in [9.17, 15) is 4.79 Å². The van der Waals surface area contributed by atoms with Crippen LogP contribution < -0.4 is 20.5 Å². The smallest absolute Gasteiger partial charge is 0.302 e. The van der Waals surface area contributed by atoms with E-state index in [1.54, 1.807) is 7.11 Å². The first-order chi connectivity index (χ1) is 19.3. The lowest BCUT2D eigenvalue weighted by molar-refractivity contribution is -0.147. The van der Waals surface area contributed by atoms with E-state index < -0.39 is 0 Å². The number of allylic oxidation sites excluding steroid dienone is 1. The van der Waals surface area contributed by atoms with Crippen molar-refractivity contribution in [1.82, 2.24) is 4.90 Å². The lowest BCUT2D eigenvalue weighted by atomic mass is 10.00. The van der Waals surface area contributed by atoms with Crippen molar-refractivity contribution in [3.05, 3.63) is 53.1 Å². The molecule has 7 nitrogen and oxygen atoms in total. The van der Waals surface area contributed by atoms with Crippen LogP contribution in [-0.2, 0) is 9.53 Å². The number of hydrogen-bond donors (Lipinski definition) is 3. The zero-order chi connectivity index (χ0) is 28.9. The molecule has 1 heterocycles. The predicted octanol–water partition coefficient (Wildman–Crippen LogP) is 6.10. The van der Waals surface area contributed by atoms with Crippen molar-refractivity contribution in [3.63, 3.8) is 0 Å². The Balaban J connectivity index is 1.58. The average Bonchev–Trinajstić information content (AvgIpc) is 2.94. The predicted molar refractivity (Wildman–Crippen MR) is 168 cm³/mol.